The molecule has 19 heavy (non-hydrogen) atoms. The summed E-state index contributed by atoms with van der Waals surface area (Å²) >= 11 is 0. The van der Waals surface area contributed by atoms with Crippen LogP contribution in [0.4, 0.5) is 5.69 Å². The molecule has 4 heteroatoms. The lowest BCUT2D eigenvalue weighted by Crippen LogP contribution is -2.43. The molecule has 102 valence electrons. The summed E-state index contributed by atoms with van der Waals surface area (Å²) in [6.45, 7) is 3.11. The number of anilines is 1. The average Bonchev–Trinajstić information content (AvgIpc) is 2.88. The van der Waals surface area contributed by atoms with E-state index in [0.29, 0.717) is 6.04 Å². The SMILES string of the molecule is CN1CCC(NC(=O)c2ccc3c(c2)NCC3)CC1. The number of nitrogens with zero attached hydrogens (tertiary/aromatic N) is 1. The van der Waals surface area contributed by atoms with Crippen LogP contribution in [-0.4, -0.2) is 43.5 Å². The number of hydrogen-bond acceptors (Lipinski definition) is 3. The normalized spacial score (nSPS) is 19.8. The van der Waals surface area contributed by atoms with Crippen molar-refractivity contribution in [2.45, 2.75) is 25.3 Å². The van der Waals surface area contributed by atoms with E-state index in [1.54, 1.807) is 0 Å². The number of likely N-dealkylation sites (tertiary alicyclic amines) is 1. The second-order valence-corrected chi connectivity index (χ2v) is 5.60. The van der Waals surface area contributed by atoms with Gasteiger partial charge in [0.1, 0.15) is 0 Å². The van der Waals surface area contributed by atoms with Crippen molar-refractivity contribution in [3.05, 3.63) is 29.3 Å². The number of benzene rings is 1. The molecule has 2 N–H and O–H groups in total. The van der Waals surface area contributed by atoms with E-state index < -0.39 is 0 Å². The summed E-state index contributed by atoms with van der Waals surface area (Å²) in [4.78, 5) is 14.5. The number of carbonyl (C=O) groups is 1. The highest BCUT2D eigenvalue weighted by Crippen LogP contribution is 2.23. The van der Waals surface area contributed by atoms with Crippen LogP contribution in [0.25, 0.3) is 0 Å². The molecule has 1 amide bonds. The highest BCUT2D eigenvalue weighted by atomic mass is 16.1. The van der Waals surface area contributed by atoms with Crippen LogP contribution in [0, 0.1) is 0 Å². The third-order valence-electron chi connectivity index (χ3n) is 4.14. The van der Waals surface area contributed by atoms with Crippen LogP contribution in [0.5, 0.6) is 0 Å². The second-order valence-electron chi connectivity index (χ2n) is 5.60. The van der Waals surface area contributed by atoms with Crippen molar-refractivity contribution in [1.29, 1.82) is 0 Å². The zero-order valence-corrected chi connectivity index (χ0v) is 11.4. The zero-order chi connectivity index (χ0) is 13.2. The first kappa shape index (κ1) is 12.5. The molecule has 2 aliphatic rings. The van der Waals surface area contributed by atoms with Crippen molar-refractivity contribution in [3.8, 4) is 0 Å². The Hall–Kier alpha value is -1.55. The van der Waals surface area contributed by atoms with Gasteiger partial charge in [-0.15, -0.1) is 0 Å². The summed E-state index contributed by atoms with van der Waals surface area (Å²) < 4.78 is 0. The Labute approximate surface area is 114 Å². The molecular formula is C15H21N3O. The van der Waals surface area contributed by atoms with Gasteiger partial charge in [-0.3, -0.25) is 4.79 Å². The van der Waals surface area contributed by atoms with Crippen LogP contribution >= 0.6 is 0 Å². The molecule has 4 nitrogen and oxygen atoms in total. The molecule has 0 spiro atoms. The van der Waals surface area contributed by atoms with Crippen LogP contribution in [0.2, 0.25) is 0 Å². The lowest BCUT2D eigenvalue weighted by Gasteiger charge is -2.29. The molecule has 2 heterocycles. The Morgan fingerprint density at radius 2 is 2.16 bits per heavy atom. The standard InChI is InChI=1S/C15H21N3O/c1-18-8-5-13(6-9-18)17-15(19)12-3-2-11-4-7-16-14(11)10-12/h2-3,10,13,16H,4-9H2,1H3,(H,17,19). The van der Waals surface area contributed by atoms with Crippen LogP contribution in [0.1, 0.15) is 28.8 Å². The summed E-state index contributed by atoms with van der Waals surface area (Å²) in [5, 5.41) is 6.47. The van der Waals surface area contributed by atoms with E-state index in [1.165, 1.54) is 5.56 Å². The quantitative estimate of drug-likeness (QED) is 0.845. The Bertz CT molecular complexity index is 478. The van der Waals surface area contributed by atoms with Crippen molar-refractivity contribution in [3.63, 3.8) is 0 Å². The molecule has 0 radical (unpaired) electrons. The van der Waals surface area contributed by atoms with E-state index in [1.807, 2.05) is 12.1 Å². The molecule has 0 aliphatic carbocycles. The van der Waals surface area contributed by atoms with E-state index in [0.717, 1.165) is 50.1 Å². The fourth-order valence-electron chi connectivity index (χ4n) is 2.85. The van der Waals surface area contributed by atoms with Crippen molar-refractivity contribution < 1.29 is 4.79 Å². The van der Waals surface area contributed by atoms with Gasteiger partial charge in [-0.1, -0.05) is 6.07 Å². The van der Waals surface area contributed by atoms with Gasteiger partial charge in [0.15, 0.2) is 0 Å². The third kappa shape index (κ3) is 2.73. The molecular weight excluding hydrogens is 238 g/mol. The summed E-state index contributed by atoms with van der Waals surface area (Å²) in [6, 6.07) is 6.31. The lowest BCUT2D eigenvalue weighted by molar-refractivity contribution is 0.0917. The monoisotopic (exact) mass is 259 g/mol. The Morgan fingerprint density at radius 3 is 2.95 bits per heavy atom. The van der Waals surface area contributed by atoms with Crippen LogP contribution < -0.4 is 10.6 Å². The molecule has 0 atom stereocenters. The minimum Gasteiger partial charge on any atom is -0.384 e. The fourth-order valence-corrected chi connectivity index (χ4v) is 2.85. The first-order chi connectivity index (χ1) is 9.22. The van der Waals surface area contributed by atoms with E-state index in [2.05, 4.69) is 28.6 Å². The summed E-state index contributed by atoms with van der Waals surface area (Å²) in [5.74, 6) is 0.0612. The largest absolute Gasteiger partial charge is 0.384 e. The number of nitrogens with one attached hydrogen (secondary N) is 2. The maximum atomic E-state index is 12.2. The maximum Gasteiger partial charge on any atom is 0.251 e. The predicted octanol–water partition coefficient (Wildman–Crippen LogP) is 1.48. The smallest absolute Gasteiger partial charge is 0.251 e. The zero-order valence-electron chi connectivity index (χ0n) is 11.4. The molecule has 3 rings (SSSR count). The fraction of sp³-hybridized carbons (Fsp3) is 0.533. The topological polar surface area (TPSA) is 44.4 Å². The minimum absolute atomic E-state index is 0.0612. The van der Waals surface area contributed by atoms with Gasteiger partial charge in [-0.25, -0.2) is 0 Å². The van der Waals surface area contributed by atoms with Gasteiger partial charge in [-0.05, 0) is 57.1 Å². The number of rotatable bonds is 2. The molecule has 1 aromatic rings. The van der Waals surface area contributed by atoms with E-state index in [-0.39, 0.29) is 5.91 Å². The van der Waals surface area contributed by atoms with E-state index in [4.69, 9.17) is 0 Å². The van der Waals surface area contributed by atoms with Gasteiger partial charge in [-0.2, -0.15) is 0 Å². The average molecular weight is 259 g/mol. The van der Waals surface area contributed by atoms with Crippen LogP contribution in [0.3, 0.4) is 0 Å². The molecule has 1 aromatic carbocycles. The van der Waals surface area contributed by atoms with Crippen molar-refractivity contribution in [2.75, 3.05) is 32.0 Å². The molecule has 2 aliphatic heterocycles. The number of amides is 1. The number of fused-ring (bicyclic) bond motifs is 1. The second kappa shape index (κ2) is 5.21. The minimum atomic E-state index is 0.0612. The molecule has 1 fully saturated rings. The summed E-state index contributed by atoms with van der Waals surface area (Å²) in [6.07, 6.45) is 3.16. The van der Waals surface area contributed by atoms with Crippen LogP contribution in [-0.2, 0) is 6.42 Å². The third-order valence-corrected chi connectivity index (χ3v) is 4.14. The van der Waals surface area contributed by atoms with Crippen LogP contribution in [0.15, 0.2) is 18.2 Å². The predicted molar refractivity (Wildman–Crippen MR) is 76.6 cm³/mol. The van der Waals surface area contributed by atoms with E-state index in [9.17, 15) is 4.79 Å². The maximum absolute atomic E-state index is 12.2. The molecule has 0 aromatic heterocycles. The van der Waals surface area contributed by atoms with E-state index >= 15 is 0 Å². The molecule has 0 unspecified atom stereocenters. The van der Waals surface area contributed by atoms with Crippen molar-refractivity contribution >= 4 is 11.6 Å². The van der Waals surface area contributed by atoms with Gasteiger partial charge in [0, 0.05) is 23.8 Å². The van der Waals surface area contributed by atoms with Crippen molar-refractivity contribution in [2.24, 2.45) is 0 Å². The lowest BCUT2D eigenvalue weighted by atomic mass is 10.0. The number of hydrogen-bond donors (Lipinski definition) is 2. The molecule has 1 saturated heterocycles. The Balaban J connectivity index is 1.64. The first-order valence-corrected chi connectivity index (χ1v) is 7.08. The first-order valence-electron chi connectivity index (χ1n) is 7.08. The summed E-state index contributed by atoms with van der Waals surface area (Å²) in [7, 11) is 2.13. The highest BCUT2D eigenvalue weighted by molar-refractivity contribution is 5.95. The van der Waals surface area contributed by atoms with Gasteiger partial charge < -0.3 is 15.5 Å². The highest BCUT2D eigenvalue weighted by Gasteiger charge is 2.20. The van der Waals surface area contributed by atoms with Gasteiger partial charge in [0.2, 0.25) is 0 Å². The molecule has 0 bridgehead atoms. The summed E-state index contributed by atoms with van der Waals surface area (Å²) in [5.41, 5.74) is 3.21. The number of piperidine rings is 1. The Kier molecular flexibility index (Phi) is 3.42. The van der Waals surface area contributed by atoms with Gasteiger partial charge >= 0.3 is 0 Å². The van der Waals surface area contributed by atoms with Crippen molar-refractivity contribution in [1.82, 2.24) is 10.2 Å². The van der Waals surface area contributed by atoms with Gasteiger partial charge in [0.05, 0.1) is 0 Å². The Morgan fingerprint density at radius 1 is 1.37 bits per heavy atom. The molecule has 0 saturated carbocycles. The van der Waals surface area contributed by atoms with Gasteiger partial charge in [0.25, 0.3) is 5.91 Å². The number of carbonyl (C=O) groups excluding carboxylic acids is 1.